The predicted octanol–water partition coefficient (Wildman–Crippen LogP) is 16.1. The van der Waals surface area contributed by atoms with Gasteiger partial charge in [0.1, 0.15) is 24.0 Å². The van der Waals surface area contributed by atoms with E-state index in [9.17, 15) is 0 Å². The molecule has 0 bridgehead atoms. The van der Waals surface area contributed by atoms with Crippen LogP contribution in [0.2, 0.25) is 10.6 Å². The molecule has 4 heterocycles. The lowest BCUT2D eigenvalue weighted by Gasteiger charge is -2.41. The van der Waals surface area contributed by atoms with Gasteiger partial charge in [0, 0.05) is 45.8 Å². The van der Waals surface area contributed by atoms with E-state index in [1.165, 1.54) is 22.1 Å². The molecule has 0 saturated carbocycles. The molecule has 8 aromatic rings. The van der Waals surface area contributed by atoms with E-state index in [0.717, 1.165) is 73.1 Å². The first kappa shape index (κ1) is 50.3. The van der Waals surface area contributed by atoms with Crippen LogP contribution in [0.1, 0.15) is 121 Å². The van der Waals surface area contributed by atoms with E-state index < -0.39 is 21.4 Å². The molecule has 2 aromatic heterocycles. The van der Waals surface area contributed by atoms with Crippen molar-refractivity contribution in [3.8, 4) is 28.4 Å². The van der Waals surface area contributed by atoms with Crippen molar-refractivity contribution in [3.05, 3.63) is 162 Å². The number of para-hydroxylation sites is 4. The van der Waals surface area contributed by atoms with E-state index in [4.69, 9.17) is 23.4 Å². The maximum Gasteiger partial charge on any atom is 0.468 e. The summed E-state index contributed by atoms with van der Waals surface area (Å²) in [5.41, 5.74) is 13.2. The molecule has 0 N–H and O–H groups in total. The lowest BCUT2D eigenvalue weighted by molar-refractivity contribution is 0.250. The highest BCUT2D eigenvalue weighted by Gasteiger charge is 2.52. The topological polar surface area (TPSA) is 61.2 Å². The molecule has 8 nitrogen and oxygen atoms in total. The lowest BCUT2D eigenvalue weighted by atomic mass is 9.50. The summed E-state index contributed by atoms with van der Waals surface area (Å²) < 4.78 is 29.7. The Labute approximate surface area is 435 Å². The van der Waals surface area contributed by atoms with E-state index in [2.05, 4.69) is 252 Å². The number of rotatable bonds is 7. The molecule has 2 aliphatic rings. The zero-order valence-corrected chi connectivity index (χ0v) is 45.7. The highest BCUT2D eigenvalue weighted by atomic mass is 16.7. The number of anilines is 4. The van der Waals surface area contributed by atoms with Gasteiger partial charge >= 0.3 is 21.4 Å². The molecule has 6 aromatic carbocycles. The van der Waals surface area contributed by atoms with Gasteiger partial charge in [0.25, 0.3) is 0 Å². The molecule has 0 radical (unpaired) electrons. The molecule has 73 heavy (non-hydrogen) atoms. The van der Waals surface area contributed by atoms with Crippen molar-refractivity contribution in [1.29, 1.82) is 0 Å². The largest absolute Gasteiger partial charge is 0.468 e. The lowest BCUT2D eigenvalue weighted by Crippen LogP contribution is -2.59. The maximum atomic E-state index is 6.97. The Kier molecular flexibility index (Phi) is 12.6. The fourth-order valence-corrected chi connectivity index (χ4v) is 10.1. The zero-order chi connectivity index (χ0) is 52.0. The first-order chi connectivity index (χ1) is 34.3. The summed E-state index contributed by atoms with van der Waals surface area (Å²) in [6.45, 7) is 34.0. The predicted molar refractivity (Wildman–Crippen MR) is 308 cm³/mol. The van der Waals surface area contributed by atoms with E-state index in [1.807, 2.05) is 12.3 Å². The van der Waals surface area contributed by atoms with Gasteiger partial charge in [-0.15, -0.1) is 0 Å². The van der Waals surface area contributed by atoms with Gasteiger partial charge in [-0.3, -0.25) is 4.57 Å². The van der Waals surface area contributed by atoms with Crippen molar-refractivity contribution in [2.45, 2.75) is 131 Å². The summed E-state index contributed by atoms with van der Waals surface area (Å²) in [5, 5.41) is 1.70. The highest BCUT2D eigenvalue weighted by Crippen LogP contribution is 2.49. The molecule has 1 saturated heterocycles. The molecular weight excluding hydrogens is 897 g/mol. The van der Waals surface area contributed by atoms with Crippen molar-refractivity contribution < 1.29 is 18.5 Å². The fraction of sp³-hybridized carbons (Fsp3) is 0.339. The molecule has 0 spiro atoms. The minimum atomic E-state index is -0.711. The van der Waals surface area contributed by atoms with Gasteiger partial charge in [0.05, 0.1) is 28.1 Å². The summed E-state index contributed by atoms with van der Waals surface area (Å²) >= 11 is 0. The minimum absolute atomic E-state index is 0.0262. The number of pyridine rings is 1. The SMILES string of the molecule is CC(C)(C)B1OB(c2cccc(-c3cc(C(C)(C)C)cc(C(C)(C)C)c3)c2N2CN(c3cccc(Oc4ccc5c6ccccc6n(-c6cc(C(C)(C)C)ccn6)c5c4)c3)c3ccccc32)OB(C(C)(C)C)O1. The van der Waals surface area contributed by atoms with Gasteiger partial charge in [0.2, 0.25) is 0 Å². The normalized spacial score (nSPS) is 15.0. The summed E-state index contributed by atoms with van der Waals surface area (Å²) in [6, 6.07) is 50.2. The number of benzene rings is 6. The monoisotopic (exact) mass is 969 g/mol. The molecule has 0 unspecified atom stereocenters. The van der Waals surface area contributed by atoms with Crippen molar-refractivity contribution in [1.82, 2.24) is 9.55 Å². The van der Waals surface area contributed by atoms with Crippen molar-refractivity contribution in [2.75, 3.05) is 16.5 Å². The van der Waals surface area contributed by atoms with Crippen LogP contribution in [0.3, 0.4) is 0 Å². The molecule has 2 aliphatic heterocycles. The average Bonchev–Trinajstić information content (AvgIpc) is 3.88. The second kappa shape index (κ2) is 18.3. The molecule has 1 fully saturated rings. The maximum absolute atomic E-state index is 6.97. The Morgan fingerprint density at radius 3 is 1.73 bits per heavy atom. The molecule has 10 rings (SSSR count). The van der Waals surface area contributed by atoms with E-state index >= 15 is 0 Å². The summed E-state index contributed by atoms with van der Waals surface area (Å²) in [4.78, 5) is 9.74. The number of hydrogen-bond acceptors (Lipinski definition) is 7. The standard InChI is InChI=1S/C62H71B3N4O4/c1-58(2,3)42-32-33-66-56(37-42)69-52-27-17-16-24-49(52)50-31-30-47(39-55(50)69)70-46-23-20-22-45(38-46)67-40-68(54-29-19-18-28-53(54)67)57-48(41-34-43(59(4,5)6)36-44(35-41)60(7,8)9)25-21-26-51(57)63-71-64(61(10,11)12)73-65(72-63)62(13,14)15/h16-39H,40H2,1-15H3. The number of nitrogens with zero attached hydrogens (tertiary/aromatic N) is 4. The first-order valence-electron chi connectivity index (χ1n) is 26.0. The van der Waals surface area contributed by atoms with E-state index in [1.54, 1.807) is 0 Å². The highest BCUT2D eigenvalue weighted by molar-refractivity contribution is 6.81. The summed E-state index contributed by atoms with van der Waals surface area (Å²) in [7, 11) is -1.72. The van der Waals surface area contributed by atoms with Crippen LogP contribution in [0.25, 0.3) is 38.8 Å². The van der Waals surface area contributed by atoms with Crippen LogP contribution < -0.4 is 20.0 Å². The van der Waals surface area contributed by atoms with E-state index in [0.29, 0.717) is 6.67 Å². The number of ether oxygens (including phenoxy) is 1. The Morgan fingerprint density at radius 2 is 1.08 bits per heavy atom. The van der Waals surface area contributed by atoms with Gasteiger partial charge in [-0.1, -0.05) is 177 Å². The van der Waals surface area contributed by atoms with Crippen molar-refractivity contribution in [2.24, 2.45) is 0 Å². The molecule has 0 atom stereocenters. The molecular formula is C62H71B3N4O4. The van der Waals surface area contributed by atoms with Crippen LogP contribution in [-0.2, 0) is 30.0 Å². The molecule has 0 aliphatic carbocycles. The summed E-state index contributed by atoms with van der Waals surface area (Å²) in [5.74, 6) is 2.37. The summed E-state index contributed by atoms with van der Waals surface area (Å²) in [6.07, 6.45) is 1.92. The third-order valence-electron chi connectivity index (χ3n) is 14.3. The van der Waals surface area contributed by atoms with Crippen LogP contribution in [-0.4, -0.2) is 37.6 Å². The Hall–Kier alpha value is -6.26. The van der Waals surface area contributed by atoms with Crippen LogP contribution in [0.15, 0.2) is 146 Å². The van der Waals surface area contributed by atoms with Gasteiger partial charge in [-0.25, -0.2) is 4.98 Å². The smallest absolute Gasteiger partial charge is 0.457 e. The third-order valence-corrected chi connectivity index (χ3v) is 14.3. The zero-order valence-electron chi connectivity index (χ0n) is 45.7. The number of aromatic nitrogens is 2. The fourth-order valence-electron chi connectivity index (χ4n) is 10.1. The van der Waals surface area contributed by atoms with Crippen molar-refractivity contribution >= 4 is 71.4 Å². The number of hydrogen-bond donors (Lipinski definition) is 0. The van der Waals surface area contributed by atoms with Crippen LogP contribution >= 0.6 is 0 Å². The Balaban J connectivity index is 1.08. The van der Waals surface area contributed by atoms with Crippen LogP contribution in [0.4, 0.5) is 22.7 Å². The van der Waals surface area contributed by atoms with Crippen LogP contribution in [0, 0.1) is 0 Å². The third kappa shape index (κ3) is 9.84. The van der Waals surface area contributed by atoms with Gasteiger partial charge < -0.3 is 28.3 Å². The minimum Gasteiger partial charge on any atom is -0.457 e. The van der Waals surface area contributed by atoms with Gasteiger partial charge in [-0.05, 0) is 104 Å². The Morgan fingerprint density at radius 1 is 0.493 bits per heavy atom. The van der Waals surface area contributed by atoms with Gasteiger partial charge in [0.15, 0.2) is 0 Å². The molecule has 372 valence electrons. The molecule has 0 amide bonds. The van der Waals surface area contributed by atoms with Crippen LogP contribution in [0.5, 0.6) is 11.5 Å². The molecule has 11 heteroatoms. The second-order valence-corrected chi connectivity index (χ2v) is 25.4. The van der Waals surface area contributed by atoms with Crippen molar-refractivity contribution in [3.63, 3.8) is 0 Å². The Bertz CT molecular complexity index is 3320. The number of fused-ring (bicyclic) bond motifs is 4. The average molecular weight is 969 g/mol. The quantitative estimate of drug-likeness (QED) is 0.147. The van der Waals surface area contributed by atoms with Gasteiger partial charge in [-0.2, -0.15) is 0 Å². The van der Waals surface area contributed by atoms with E-state index in [-0.39, 0.29) is 26.9 Å². The second-order valence-electron chi connectivity index (χ2n) is 25.4. The first-order valence-corrected chi connectivity index (χ1v) is 26.0.